The molecule has 1 aliphatic heterocycles. The van der Waals surface area contributed by atoms with E-state index in [1.165, 1.54) is 10.6 Å². The van der Waals surface area contributed by atoms with Gasteiger partial charge < -0.3 is 0 Å². The van der Waals surface area contributed by atoms with Gasteiger partial charge in [0, 0.05) is 12.7 Å². The molecule has 0 spiro atoms. The summed E-state index contributed by atoms with van der Waals surface area (Å²) in [5.74, 6) is 0. The van der Waals surface area contributed by atoms with E-state index in [0.717, 1.165) is 29.8 Å². The molecule has 1 aromatic heterocycles. The number of hydrogen-bond acceptors (Lipinski definition) is 3. The molecule has 4 nitrogen and oxygen atoms in total. The van der Waals surface area contributed by atoms with E-state index in [1.54, 1.807) is 6.20 Å². The van der Waals surface area contributed by atoms with Gasteiger partial charge in [-0.05, 0) is 31.4 Å². The summed E-state index contributed by atoms with van der Waals surface area (Å²) in [5.41, 5.74) is 2.63. The highest BCUT2D eigenvalue weighted by Crippen LogP contribution is 2.27. The summed E-state index contributed by atoms with van der Waals surface area (Å²) in [5, 5.41) is 0. The lowest BCUT2D eigenvalue weighted by Gasteiger charge is -2.28. The summed E-state index contributed by atoms with van der Waals surface area (Å²) in [6, 6.07) is 1.89. The molecule has 0 atom stereocenters. The summed E-state index contributed by atoms with van der Waals surface area (Å²) < 4.78 is 24.6. The first-order chi connectivity index (χ1) is 6.98. The number of nitrogens with zero attached hydrogens (tertiary/aromatic N) is 2. The van der Waals surface area contributed by atoms with Gasteiger partial charge in [-0.1, -0.05) is 0 Å². The quantitative estimate of drug-likeness (QED) is 0.720. The lowest BCUT2D eigenvalue weighted by molar-refractivity contribution is 0.591. The smallest absolute Gasteiger partial charge is 0.232 e. The Morgan fingerprint density at radius 1 is 1.47 bits per heavy atom. The van der Waals surface area contributed by atoms with Gasteiger partial charge in [0.25, 0.3) is 0 Å². The maximum atomic E-state index is 11.6. The molecule has 1 aromatic rings. The van der Waals surface area contributed by atoms with Crippen molar-refractivity contribution in [3.05, 3.63) is 23.5 Å². The number of fused-ring (bicyclic) bond motifs is 1. The molecule has 2 rings (SSSR count). The standard InChI is InChI=1S/C10H14N2O2S/c1-8-6-10-9(11-7-8)4-3-5-12(10)15(2,13)14/h6-7H,3-5H2,1-2H3. The van der Waals surface area contributed by atoms with E-state index < -0.39 is 10.0 Å². The largest absolute Gasteiger partial charge is 0.269 e. The van der Waals surface area contributed by atoms with Gasteiger partial charge in [0.05, 0.1) is 17.6 Å². The molecule has 0 saturated heterocycles. The maximum absolute atomic E-state index is 11.6. The monoisotopic (exact) mass is 226 g/mol. The second-order valence-corrected chi connectivity index (χ2v) is 5.82. The Balaban J connectivity index is 2.55. The van der Waals surface area contributed by atoms with Crippen LogP contribution in [0.25, 0.3) is 0 Å². The van der Waals surface area contributed by atoms with Gasteiger partial charge >= 0.3 is 0 Å². The molecule has 0 saturated carbocycles. The Morgan fingerprint density at radius 2 is 2.20 bits per heavy atom. The molecule has 0 aliphatic carbocycles. The van der Waals surface area contributed by atoms with Crippen molar-refractivity contribution in [2.75, 3.05) is 17.1 Å². The van der Waals surface area contributed by atoms with E-state index in [9.17, 15) is 8.42 Å². The molecule has 0 N–H and O–H groups in total. The van der Waals surface area contributed by atoms with Crippen LogP contribution in [-0.2, 0) is 16.4 Å². The van der Waals surface area contributed by atoms with Crippen molar-refractivity contribution in [1.82, 2.24) is 4.98 Å². The summed E-state index contributed by atoms with van der Waals surface area (Å²) in [7, 11) is -3.16. The number of rotatable bonds is 1. The van der Waals surface area contributed by atoms with Gasteiger partial charge in [-0.3, -0.25) is 9.29 Å². The van der Waals surface area contributed by atoms with Crippen LogP contribution in [0.3, 0.4) is 0 Å². The fraction of sp³-hybridized carbons (Fsp3) is 0.500. The van der Waals surface area contributed by atoms with Crippen molar-refractivity contribution in [1.29, 1.82) is 0 Å². The molecule has 5 heteroatoms. The van der Waals surface area contributed by atoms with Gasteiger partial charge in [-0.15, -0.1) is 0 Å². The summed E-state index contributed by atoms with van der Waals surface area (Å²) in [4.78, 5) is 4.28. The van der Waals surface area contributed by atoms with Crippen molar-refractivity contribution >= 4 is 15.7 Å². The first-order valence-corrected chi connectivity index (χ1v) is 6.76. The molecule has 15 heavy (non-hydrogen) atoms. The van der Waals surface area contributed by atoms with E-state index in [1.807, 2.05) is 13.0 Å². The molecule has 0 amide bonds. The molecule has 1 aliphatic rings. The topological polar surface area (TPSA) is 50.3 Å². The number of anilines is 1. The van der Waals surface area contributed by atoms with Crippen molar-refractivity contribution in [2.45, 2.75) is 19.8 Å². The van der Waals surface area contributed by atoms with E-state index in [4.69, 9.17) is 0 Å². The summed E-state index contributed by atoms with van der Waals surface area (Å²) in [6.45, 7) is 2.49. The zero-order valence-corrected chi connectivity index (χ0v) is 9.71. The maximum Gasteiger partial charge on any atom is 0.232 e. The molecule has 2 heterocycles. The summed E-state index contributed by atoms with van der Waals surface area (Å²) >= 11 is 0. The van der Waals surface area contributed by atoms with E-state index in [0.29, 0.717) is 6.54 Å². The first kappa shape index (κ1) is 10.4. The van der Waals surface area contributed by atoms with Crippen molar-refractivity contribution in [2.24, 2.45) is 0 Å². The molecule has 82 valence electrons. The van der Waals surface area contributed by atoms with Crippen LogP contribution in [0.5, 0.6) is 0 Å². The molecule has 0 radical (unpaired) electrons. The number of aryl methyl sites for hydroxylation is 2. The van der Waals surface area contributed by atoms with Gasteiger partial charge in [-0.2, -0.15) is 0 Å². The minimum absolute atomic E-state index is 0.566. The highest BCUT2D eigenvalue weighted by molar-refractivity contribution is 7.92. The Labute approximate surface area is 90.0 Å². The van der Waals surface area contributed by atoms with Crippen molar-refractivity contribution in [3.63, 3.8) is 0 Å². The molecule has 0 fully saturated rings. The van der Waals surface area contributed by atoms with E-state index >= 15 is 0 Å². The van der Waals surface area contributed by atoms with Crippen LogP contribution in [0.2, 0.25) is 0 Å². The van der Waals surface area contributed by atoms with Crippen LogP contribution in [0.4, 0.5) is 5.69 Å². The molecule has 0 unspecified atom stereocenters. The molecular formula is C10H14N2O2S. The third-order valence-electron chi connectivity index (χ3n) is 2.53. The molecular weight excluding hydrogens is 212 g/mol. The predicted molar refractivity (Wildman–Crippen MR) is 59.5 cm³/mol. The lowest BCUT2D eigenvalue weighted by Crippen LogP contribution is -2.35. The highest BCUT2D eigenvalue weighted by Gasteiger charge is 2.24. The van der Waals surface area contributed by atoms with Crippen LogP contribution in [0, 0.1) is 6.92 Å². The summed E-state index contributed by atoms with van der Waals surface area (Å²) in [6.07, 6.45) is 4.73. The van der Waals surface area contributed by atoms with Crippen LogP contribution >= 0.6 is 0 Å². The van der Waals surface area contributed by atoms with Crippen LogP contribution in [-0.4, -0.2) is 26.2 Å². The zero-order chi connectivity index (χ0) is 11.1. The van der Waals surface area contributed by atoms with Crippen LogP contribution in [0.1, 0.15) is 17.7 Å². The van der Waals surface area contributed by atoms with Crippen molar-refractivity contribution < 1.29 is 8.42 Å². The molecule has 0 bridgehead atoms. The Hall–Kier alpha value is -1.10. The van der Waals surface area contributed by atoms with Crippen LogP contribution in [0.15, 0.2) is 12.3 Å². The number of pyridine rings is 1. The second-order valence-electron chi connectivity index (χ2n) is 3.92. The lowest BCUT2D eigenvalue weighted by atomic mass is 10.1. The highest BCUT2D eigenvalue weighted by atomic mass is 32.2. The van der Waals surface area contributed by atoms with Gasteiger partial charge in [0.1, 0.15) is 0 Å². The van der Waals surface area contributed by atoms with Gasteiger partial charge in [-0.25, -0.2) is 8.42 Å². The minimum atomic E-state index is -3.16. The Bertz CT molecular complexity index is 482. The average Bonchev–Trinajstić information content (AvgIpc) is 2.15. The first-order valence-electron chi connectivity index (χ1n) is 4.92. The fourth-order valence-corrected chi connectivity index (χ4v) is 2.82. The Kier molecular flexibility index (Phi) is 2.42. The average molecular weight is 226 g/mol. The van der Waals surface area contributed by atoms with E-state index in [2.05, 4.69) is 4.98 Å². The van der Waals surface area contributed by atoms with Gasteiger partial charge in [0.15, 0.2) is 0 Å². The number of aromatic nitrogens is 1. The fourth-order valence-electron chi connectivity index (χ4n) is 1.85. The third kappa shape index (κ3) is 1.97. The molecule has 0 aromatic carbocycles. The van der Waals surface area contributed by atoms with E-state index in [-0.39, 0.29) is 0 Å². The third-order valence-corrected chi connectivity index (χ3v) is 3.71. The zero-order valence-electron chi connectivity index (χ0n) is 8.90. The number of hydrogen-bond donors (Lipinski definition) is 0. The SMILES string of the molecule is Cc1cnc2c(c1)N(S(C)(=O)=O)CCC2. The van der Waals surface area contributed by atoms with Gasteiger partial charge in [0.2, 0.25) is 10.0 Å². The van der Waals surface area contributed by atoms with Crippen molar-refractivity contribution in [3.8, 4) is 0 Å². The minimum Gasteiger partial charge on any atom is -0.269 e. The second kappa shape index (κ2) is 3.48. The normalized spacial score (nSPS) is 16.3. The Morgan fingerprint density at radius 3 is 2.87 bits per heavy atom. The van der Waals surface area contributed by atoms with Crippen LogP contribution < -0.4 is 4.31 Å². The predicted octanol–water partition coefficient (Wildman–Crippen LogP) is 1.10. The number of sulfonamides is 1.